The van der Waals surface area contributed by atoms with Crippen LogP contribution < -0.4 is 20.7 Å². The molecule has 0 saturated carbocycles. The molecule has 1 aliphatic rings. The number of carbonyl (C=O) groups excluding carboxylic acids is 2. The lowest BCUT2D eigenvalue weighted by atomic mass is 9.95. The smallest absolute Gasteiger partial charge is 0.338 e. The summed E-state index contributed by atoms with van der Waals surface area (Å²) < 4.78 is 10.6. The number of carbonyl (C=O) groups is 2. The number of nitrogens with one attached hydrogen (secondary N) is 3. The summed E-state index contributed by atoms with van der Waals surface area (Å²) in [5.41, 5.74) is 3.26. The van der Waals surface area contributed by atoms with Crippen molar-refractivity contribution in [2.24, 2.45) is 0 Å². The van der Waals surface area contributed by atoms with Crippen molar-refractivity contribution < 1.29 is 19.1 Å². The lowest BCUT2D eigenvalue weighted by Crippen LogP contribution is -2.46. The van der Waals surface area contributed by atoms with Crippen LogP contribution in [-0.4, -0.2) is 42.3 Å². The van der Waals surface area contributed by atoms with E-state index in [2.05, 4.69) is 16.0 Å². The van der Waals surface area contributed by atoms with Gasteiger partial charge in [0.25, 0.3) is 0 Å². The van der Waals surface area contributed by atoms with E-state index in [0.29, 0.717) is 27.8 Å². The van der Waals surface area contributed by atoms with Gasteiger partial charge in [0.1, 0.15) is 5.75 Å². The van der Waals surface area contributed by atoms with Crippen molar-refractivity contribution >= 4 is 40.7 Å². The van der Waals surface area contributed by atoms with Crippen LogP contribution in [0.4, 0.5) is 16.2 Å². The van der Waals surface area contributed by atoms with Crippen LogP contribution in [0.5, 0.6) is 5.75 Å². The molecule has 1 heterocycles. The van der Waals surface area contributed by atoms with Crippen LogP contribution in [-0.2, 0) is 9.53 Å². The van der Waals surface area contributed by atoms with Crippen LogP contribution in [0.1, 0.15) is 32.4 Å². The van der Waals surface area contributed by atoms with Gasteiger partial charge in [0.2, 0.25) is 0 Å². The molecule has 1 atom stereocenters. The monoisotopic (exact) mass is 468 g/mol. The van der Waals surface area contributed by atoms with Gasteiger partial charge in [-0.05, 0) is 62.8 Å². The molecular weight excluding hydrogens is 440 g/mol. The molecule has 3 rings (SSSR count). The molecule has 33 heavy (non-hydrogen) atoms. The molecule has 9 heteroatoms. The van der Waals surface area contributed by atoms with Crippen molar-refractivity contribution in [2.45, 2.75) is 32.9 Å². The fourth-order valence-electron chi connectivity index (χ4n) is 3.38. The minimum absolute atomic E-state index is 0.243. The molecule has 2 amide bonds. The number of benzene rings is 2. The highest BCUT2D eigenvalue weighted by molar-refractivity contribution is 7.80. The molecule has 0 bridgehead atoms. The van der Waals surface area contributed by atoms with Gasteiger partial charge in [0, 0.05) is 30.2 Å². The van der Waals surface area contributed by atoms with Crippen molar-refractivity contribution in [1.82, 2.24) is 10.2 Å². The van der Waals surface area contributed by atoms with Gasteiger partial charge in [-0.3, -0.25) is 0 Å². The van der Waals surface area contributed by atoms with Gasteiger partial charge >= 0.3 is 12.0 Å². The normalized spacial score (nSPS) is 15.8. The highest BCUT2D eigenvalue weighted by atomic mass is 32.1. The summed E-state index contributed by atoms with van der Waals surface area (Å²) in [7, 11) is 3.37. The number of ether oxygens (including phenoxy) is 2. The maximum atomic E-state index is 12.8. The number of rotatable bonds is 6. The molecule has 0 radical (unpaired) electrons. The van der Waals surface area contributed by atoms with Crippen LogP contribution in [0.25, 0.3) is 0 Å². The topological polar surface area (TPSA) is 91.9 Å². The zero-order valence-electron chi connectivity index (χ0n) is 19.3. The molecule has 0 spiro atoms. The number of hydrogen-bond acceptors (Lipinski definition) is 5. The van der Waals surface area contributed by atoms with Crippen molar-refractivity contribution in [3.8, 4) is 5.75 Å². The Balaban J connectivity index is 1.76. The van der Waals surface area contributed by atoms with Gasteiger partial charge < -0.3 is 30.3 Å². The third kappa shape index (κ3) is 5.81. The van der Waals surface area contributed by atoms with E-state index < -0.39 is 12.0 Å². The first-order chi connectivity index (χ1) is 15.7. The molecule has 0 fully saturated rings. The zero-order valence-corrected chi connectivity index (χ0v) is 20.1. The van der Waals surface area contributed by atoms with Crippen LogP contribution in [0.2, 0.25) is 0 Å². The van der Waals surface area contributed by atoms with Crippen molar-refractivity contribution in [3.05, 3.63) is 65.4 Å². The summed E-state index contributed by atoms with van der Waals surface area (Å²) in [6, 6.07) is 13.5. The summed E-state index contributed by atoms with van der Waals surface area (Å²) in [5.74, 6) is 0.255. The van der Waals surface area contributed by atoms with Crippen molar-refractivity contribution in [2.75, 3.05) is 24.8 Å². The van der Waals surface area contributed by atoms with E-state index in [1.54, 1.807) is 55.5 Å². The molecule has 2 aromatic rings. The number of methoxy groups -OCH3 is 1. The molecular formula is C24H28N4O4S. The summed E-state index contributed by atoms with van der Waals surface area (Å²) in [5, 5.41) is 9.28. The first-order valence-electron chi connectivity index (χ1n) is 10.5. The molecule has 3 N–H and O–H groups in total. The summed E-state index contributed by atoms with van der Waals surface area (Å²) >= 11 is 5.43. The first-order valence-corrected chi connectivity index (χ1v) is 10.9. The van der Waals surface area contributed by atoms with E-state index in [0.717, 1.165) is 11.3 Å². The second-order valence-corrected chi connectivity index (χ2v) is 8.21. The standard InChI is InChI=1S/C24H28N4O4S/c1-14(2)32-22(29)20-15(3)28(4)24(33)27-21(20)16-9-11-17(12-10-16)25-23(30)26-18-7-6-8-19(13-18)31-5/h6-14,21H,1-5H3,(H,27,33)(H2,25,26,30). The number of hydrogen-bond donors (Lipinski definition) is 3. The van der Waals surface area contributed by atoms with Crippen LogP contribution in [0.3, 0.4) is 0 Å². The van der Waals surface area contributed by atoms with Gasteiger partial charge in [0.15, 0.2) is 5.11 Å². The molecule has 1 aliphatic heterocycles. The Kier molecular flexibility index (Phi) is 7.55. The van der Waals surface area contributed by atoms with Gasteiger partial charge in [0.05, 0.1) is 24.8 Å². The van der Waals surface area contributed by atoms with E-state index >= 15 is 0 Å². The van der Waals surface area contributed by atoms with Gasteiger partial charge in [-0.2, -0.15) is 0 Å². The van der Waals surface area contributed by atoms with Gasteiger partial charge in [-0.1, -0.05) is 18.2 Å². The predicted molar refractivity (Wildman–Crippen MR) is 132 cm³/mol. The fourth-order valence-corrected chi connectivity index (χ4v) is 3.64. The van der Waals surface area contributed by atoms with Crippen molar-refractivity contribution in [3.63, 3.8) is 0 Å². The Morgan fingerprint density at radius 3 is 2.39 bits per heavy atom. The van der Waals surface area contributed by atoms with E-state index in [-0.39, 0.29) is 12.1 Å². The highest BCUT2D eigenvalue weighted by Crippen LogP contribution is 2.31. The first kappa shape index (κ1) is 24.1. The third-order valence-corrected chi connectivity index (χ3v) is 5.54. The van der Waals surface area contributed by atoms with Gasteiger partial charge in [-0.15, -0.1) is 0 Å². The van der Waals surface area contributed by atoms with Crippen LogP contribution in [0.15, 0.2) is 59.8 Å². The Hall–Kier alpha value is -3.59. The molecule has 174 valence electrons. The average Bonchev–Trinajstić information content (AvgIpc) is 2.77. The Morgan fingerprint density at radius 2 is 1.76 bits per heavy atom. The lowest BCUT2D eigenvalue weighted by Gasteiger charge is -2.35. The SMILES string of the molecule is COc1cccc(NC(=O)Nc2ccc(C3NC(=S)N(C)C(C)=C3C(=O)OC(C)C)cc2)c1. The number of esters is 1. The molecule has 8 nitrogen and oxygen atoms in total. The molecule has 0 aromatic heterocycles. The number of nitrogens with zero attached hydrogens (tertiary/aromatic N) is 1. The minimum atomic E-state index is -0.459. The predicted octanol–water partition coefficient (Wildman–Crippen LogP) is 4.43. The molecule has 0 aliphatic carbocycles. The number of thiocarbonyl (C=S) groups is 1. The second kappa shape index (κ2) is 10.4. The Labute approximate surface area is 198 Å². The van der Waals surface area contributed by atoms with E-state index in [4.69, 9.17) is 21.7 Å². The average molecular weight is 469 g/mol. The highest BCUT2D eigenvalue weighted by Gasteiger charge is 2.33. The number of urea groups is 1. The lowest BCUT2D eigenvalue weighted by molar-refractivity contribution is -0.143. The van der Waals surface area contributed by atoms with Gasteiger partial charge in [-0.25, -0.2) is 9.59 Å². The van der Waals surface area contributed by atoms with Crippen LogP contribution >= 0.6 is 12.2 Å². The largest absolute Gasteiger partial charge is 0.497 e. The fraction of sp³-hybridized carbons (Fsp3) is 0.292. The molecule has 2 aromatic carbocycles. The van der Waals surface area contributed by atoms with Crippen LogP contribution in [0, 0.1) is 0 Å². The molecule has 1 unspecified atom stereocenters. The third-order valence-electron chi connectivity index (χ3n) is 5.15. The zero-order chi connectivity index (χ0) is 24.1. The number of amides is 2. The number of allylic oxidation sites excluding steroid dienone is 1. The quantitative estimate of drug-likeness (QED) is 0.427. The number of anilines is 2. The molecule has 0 saturated heterocycles. The summed E-state index contributed by atoms with van der Waals surface area (Å²) in [4.78, 5) is 26.9. The maximum absolute atomic E-state index is 12.8. The van der Waals surface area contributed by atoms with E-state index in [1.807, 2.05) is 32.9 Å². The maximum Gasteiger partial charge on any atom is 0.338 e. The Bertz CT molecular complexity index is 1080. The Morgan fingerprint density at radius 1 is 1.09 bits per heavy atom. The van der Waals surface area contributed by atoms with Crippen molar-refractivity contribution in [1.29, 1.82) is 0 Å². The van der Waals surface area contributed by atoms with E-state index in [9.17, 15) is 9.59 Å². The second-order valence-electron chi connectivity index (χ2n) is 7.83. The summed E-state index contributed by atoms with van der Waals surface area (Å²) in [6.45, 7) is 5.46. The minimum Gasteiger partial charge on any atom is -0.497 e. The van der Waals surface area contributed by atoms with E-state index in [1.165, 1.54) is 0 Å². The summed E-state index contributed by atoms with van der Waals surface area (Å²) in [6.07, 6.45) is -0.243.